The van der Waals surface area contributed by atoms with Crippen LogP contribution >= 0.6 is 0 Å². The fraction of sp³-hybridized carbons (Fsp3) is 0.267. The lowest BCUT2D eigenvalue weighted by Crippen LogP contribution is -2.32. The molecule has 3 aromatic heterocycles. The lowest BCUT2D eigenvalue weighted by molar-refractivity contribution is -0.138. The molecule has 0 bridgehead atoms. The lowest BCUT2D eigenvalue weighted by atomic mass is 9.98. The molecule has 4 heterocycles. The molecule has 10 heteroatoms. The SMILES string of the molecule is CCc1cccc(CC)c1-n1nc2c(c1-c1cc(F)c3[nH]ccc3c1)CN(c1ncc(C(F)(F)F)cc1F)CC2. The number of hydrogen-bond donors (Lipinski definition) is 1. The summed E-state index contributed by atoms with van der Waals surface area (Å²) in [6, 6.07) is 11.7. The summed E-state index contributed by atoms with van der Waals surface area (Å²) in [6.45, 7) is 4.60. The topological polar surface area (TPSA) is 49.7 Å². The van der Waals surface area contributed by atoms with Gasteiger partial charge in [0.1, 0.15) is 5.82 Å². The molecule has 0 amide bonds. The van der Waals surface area contributed by atoms with Crippen LogP contribution in [0.25, 0.3) is 27.8 Å². The highest BCUT2D eigenvalue weighted by molar-refractivity contribution is 5.86. The summed E-state index contributed by atoms with van der Waals surface area (Å²) in [4.78, 5) is 8.39. The number of fused-ring (bicyclic) bond motifs is 2. The van der Waals surface area contributed by atoms with Gasteiger partial charge in [0.15, 0.2) is 11.6 Å². The van der Waals surface area contributed by atoms with Crippen LogP contribution < -0.4 is 4.90 Å². The number of alkyl halides is 3. The first-order valence-corrected chi connectivity index (χ1v) is 13.2. The van der Waals surface area contributed by atoms with Crippen molar-refractivity contribution < 1.29 is 22.0 Å². The fourth-order valence-corrected chi connectivity index (χ4v) is 5.58. The number of para-hydroxylation sites is 1. The molecule has 40 heavy (non-hydrogen) atoms. The summed E-state index contributed by atoms with van der Waals surface area (Å²) in [5.41, 5.74) is 5.15. The van der Waals surface area contributed by atoms with Crippen molar-refractivity contribution in [2.45, 2.75) is 45.8 Å². The van der Waals surface area contributed by atoms with Crippen molar-refractivity contribution in [1.29, 1.82) is 0 Å². The Kier molecular flexibility index (Phi) is 6.35. The van der Waals surface area contributed by atoms with Gasteiger partial charge in [0.05, 0.1) is 28.2 Å². The van der Waals surface area contributed by atoms with E-state index >= 15 is 4.39 Å². The maximum absolute atomic E-state index is 15.2. The van der Waals surface area contributed by atoms with Crippen LogP contribution in [0.4, 0.5) is 27.8 Å². The third kappa shape index (κ3) is 4.31. The summed E-state index contributed by atoms with van der Waals surface area (Å²) in [5, 5.41) is 5.70. The van der Waals surface area contributed by atoms with Crippen molar-refractivity contribution in [3.8, 4) is 16.9 Å². The van der Waals surface area contributed by atoms with E-state index in [-0.39, 0.29) is 12.4 Å². The minimum absolute atomic E-state index is 0.155. The number of anilines is 1. The van der Waals surface area contributed by atoms with Crippen molar-refractivity contribution in [2.24, 2.45) is 0 Å². The number of benzene rings is 2. The van der Waals surface area contributed by atoms with Gasteiger partial charge in [-0.2, -0.15) is 18.3 Å². The standard InChI is InChI=1S/C30H26F5N5/c1-3-17-6-5-7-18(4-2)27(17)40-28(20-12-19-8-10-36-26(19)23(31)13-20)22-16-39(11-9-25(22)38-40)29-24(32)14-21(15-37-29)30(33,34)35/h5-8,10,12-15,36H,3-4,9,11,16H2,1-2H3. The second-order valence-electron chi connectivity index (χ2n) is 9.92. The number of nitrogens with zero attached hydrogens (tertiary/aromatic N) is 4. The first kappa shape index (κ1) is 26.0. The van der Waals surface area contributed by atoms with E-state index in [1.807, 2.05) is 28.9 Å². The van der Waals surface area contributed by atoms with Crippen LogP contribution in [0.5, 0.6) is 0 Å². The van der Waals surface area contributed by atoms with Gasteiger partial charge < -0.3 is 9.88 Å². The number of hydrogen-bond acceptors (Lipinski definition) is 3. The van der Waals surface area contributed by atoms with Gasteiger partial charge >= 0.3 is 6.18 Å². The summed E-state index contributed by atoms with van der Waals surface area (Å²) in [5.74, 6) is -1.62. The van der Waals surface area contributed by atoms with E-state index in [9.17, 15) is 17.6 Å². The number of aromatic nitrogens is 4. The normalized spacial score (nSPS) is 13.7. The Hall–Kier alpha value is -4.21. The number of H-pyrrole nitrogens is 1. The van der Waals surface area contributed by atoms with Crippen molar-refractivity contribution >= 4 is 16.7 Å². The predicted octanol–water partition coefficient (Wildman–Crippen LogP) is 7.40. The van der Waals surface area contributed by atoms with Gasteiger partial charge in [-0.25, -0.2) is 18.4 Å². The van der Waals surface area contributed by atoms with Gasteiger partial charge in [-0.3, -0.25) is 0 Å². The highest BCUT2D eigenvalue weighted by atomic mass is 19.4. The number of aryl methyl sites for hydroxylation is 2. The summed E-state index contributed by atoms with van der Waals surface area (Å²) < 4.78 is 71.4. The molecule has 2 aromatic carbocycles. The molecule has 0 saturated heterocycles. The van der Waals surface area contributed by atoms with Crippen LogP contribution in [0.15, 0.2) is 54.9 Å². The largest absolute Gasteiger partial charge is 0.417 e. The third-order valence-corrected chi connectivity index (χ3v) is 7.54. The number of rotatable bonds is 5. The molecule has 5 nitrogen and oxygen atoms in total. The van der Waals surface area contributed by atoms with Crippen LogP contribution in [0, 0.1) is 11.6 Å². The molecule has 0 spiro atoms. The molecule has 206 valence electrons. The monoisotopic (exact) mass is 551 g/mol. The average Bonchev–Trinajstić information content (AvgIpc) is 3.56. The zero-order chi connectivity index (χ0) is 28.2. The zero-order valence-electron chi connectivity index (χ0n) is 21.9. The third-order valence-electron chi connectivity index (χ3n) is 7.54. The molecule has 1 aliphatic heterocycles. The van der Waals surface area contributed by atoms with Crippen LogP contribution in [-0.2, 0) is 32.0 Å². The Bertz CT molecular complexity index is 1710. The van der Waals surface area contributed by atoms with E-state index in [1.54, 1.807) is 17.2 Å². The van der Waals surface area contributed by atoms with Gasteiger partial charge in [0.25, 0.3) is 0 Å². The zero-order valence-corrected chi connectivity index (χ0v) is 21.9. The van der Waals surface area contributed by atoms with E-state index < -0.39 is 23.4 Å². The molecule has 0 fully saturated rings. The van der Waals surface area contributed by atoms with Crippen LogP contribution in [-0.4, -0.2) is 26.3 Å². The summed E-state index contributed by atoms with van der Waals surface area (Å²) in [7, 11) is 0. The molecule has 0 aliphatic carbocycles. The smallest absolute Gasteiger partial charge is 0.359 e. The van der Waals surface area contributed by atoms with Crippen molar-refractivity contribution in [3.63, 3.8) is 0 Å². The molecule has 0 saturated carbocycles. The number of pyridine rings is 1. The Morgan fingerprint density at radius 3 is 2.40 bits per heavy atom. The highest BCUT2D eigenvalue weighted by Gasteiger charge is 2.34. The number of halogens is 5. The first-order valence-electron chi connectivity index (χ1n) is 13.2. The Labute approximate surface area is 227 Å². The molecule has 1 aliphatic rings. The van der Waals surface area contributed by atoms with E-state index in [0.29, 0.717) is 47.4 Å². The van der Waals surface area contributed by atoms with Gasteiger partial charge in [-0.15, -0.1) is 0 Å². The predicted molar refractivity (Wildman–Crippen MR) is 144 cm³/mol. The molecule has 0 radical (unpaired) electrons. The van der Waals surface area contributed by atoms with E-state index in [1.165, 1.54) is 6.07 Å². The van der Waals surface area contributed by atoms with Crippen molar-refractivity contribution in [3.05, 3.63) is 94.4 Å². The maximum Gasteiger partial charge on any atom is 0.417 e. The summed E-state index contributed by atoms with van der Waals surface area (Å²) >= 11 is 0. The van der Waals surface area contributed by atoms with Crippen molar-refractivity contribution in [1.82, 2.24) is 19.7 Å². The molecule has 0 atom stereocenters. The fourth-order valence-electron chi connectivity index (χ4n) is 5.58. The van der Waals surface area contributed by atoms with E-state index in [0.717, 1.165) is 40.9 Å². The van der Waals surface area contributed by atoms with Crippen LogP contribution in [0.1, 0.15) is 41.8 Å². The van der Waals surface area contributed by atoms with Gasteiger partial charge in [-0.05, 0) is 48.2 Å². The quantitative estimate of drug-likeness (QED) is 0.232. The van der Waals surface area contributed by atoms with E-state index in [4.69, 9.17) is 5.10 Å². The highest BCUT2D eigenvalue weighted by Crippen LogP contribution is 2.38. The molecule has 5 aromatic rings. The average molecular weight is 552 g/mol. The molecule has 1 N–H and O–H groups in total. The minimum atomic E-state index is -4.69. The van der Waals surface area contributed by atoms with E-state index in [2.05, 4.69) is 23.8 Å². The maximum atomic E-state index is 15.2. The second kappa shape index (κ2) is 9.76. The molecule has 6 rings (SSSR count). The van der Waals surface area contributed by atoms with Gasteiger partial charge in [0, 0.05) is 48.4 Å². The number of nitrogens with one attached hydrogen (secondary N) is 1. The van der Waals surface area contributed by atoms with Crippen molar-refractivity contribution in [2.75, 3.05) is 11.4 Å². The van der Waals surface area contributed by atoms with Gasteiger partial charge in [0.2, 0.25) is 0 Å². The second-order valence-corrected chi connectivity index (χ2v) is 9.92. The Balaban J connectivity index is 1.54. The minimum Gasteiger partial charge on any atom is -0.359 e. The molecular weight excluding hydrogens is 525 g/mol. The Morgan fingerprint density at radius 1 is 0.975 bits per heavy atom. The van der Waals surface area contributed by atoms with Gasteiger partial charge in [-0.1, -0.05) is 32.0 Å². The molecule has 0 unspecified atom stereocenters. The van der Waals surface area contributed by atoms with Crippen LogP contribution in [0.3, 0.4) is 0 Å². The lowest BCUT2D eigenvalue weighted by Gasteiger charge is -2.28. The van der Waals surface area contributed by atoms with Crippen LogP contribution in [0.2, 0.25) is 0 Å². The number of aromatic amines is 1. The summed E-state index contributed by atoms with van der Waals surface area (Å²) in [6.07, 6.45) is -0.441. The molecular formula is C30H26F5N5. The Morgan fingerprint density at radius 2 is 1.73 bits per heavy atom. The first-order chi connectivity index (χ1) is 19.2.